The summed E-state index contributed by atoms with van der Waals surface area (Å²) in [5.74, 6) is 1.13. The third kappa shape index (κ3) is 6.31. The number of carbonyl (C=O) groups excluding carboxylic acids is 2. The first kappa shape index (κ1) is 25.3. The summed E-state index contributed by atoms with van der Waals surface area (Å²) in [4.78, 5) is 28.2. The van der Waals surface area contributed by atoms with Crippen molar-refractivity contribution in [1.82, 2.24) is 10.2 Å². The van der Waals surface area contributed by atoms with Gasteiger partial charge in [-0.25, -0.2) is 4.79 Å². The van der Waals surface area contributed by atoms with Gasteiger partial charge in [-0.3, -0.25) is 4.79 Å². The second-order valence-corrected chi connectivity index (χ2v) is 11.5. The molecule has 2 amide bonds. The Morgan fingerprint density at radius 2 is 1.78 bits per heavy atom. The first-order valence-electron chi connectivity index (χ1n) is 14.3. The van der Waals surface area contributed by atoms with Crippen molar-refractivity contribution in [1.29, 1.82) is 0 Å². The lowest BCUT2D eigenvalue weighted by Crippen LogP contribution is -2.51. The van der Waals surface area contributed by atoms with E-state index >= 15 is 0 Å². The number of carbonyl (C=O) groups is 2. The Morgan fingerprint density at radius 3 is 2.47 bits per heavy atom. The molecule has 0 saturated heterocycles. The molecule has 0 aromatic rings. The van der Waals surface area contributed by atoms with Gasteiger partial charge in [-0.1, -0.05) is 48.8 Å². The lowest BCUT2D eigenvalue weighted by molar-refractivity contribution is -0.131. The van der Waals surface area contributed by atoms with E-state index in [-0.39, 0.29) is 30.0 Å². The first-order valence-corrected chi connectivity index (χ1v) is 14.3. The highest BCUT2D eigenvalue weighted by atomic mass is 16.5. The van der Waals surface area contributed by atoms with Crippen LogP contribution in [0.4, 0.5) is 4.79 Å². The fraction of sp³-hybridized carbons (Fsp3) is 0.667. The molecule has 0 heterocycles. The van der Waals surface area contributed by atoms with Gasteiger partial charge in [-0.2, -0.15) is 0 Å². The molecule has 3 unspecified atom stereocenters. The second kappa shape index (κ2) is 11.8. The quantitative estimate of drug-likeness (QED) is 0.480. The van der Waals surface area contributed by atoms with E-state index in [0.717, 1.165) is 74.9 Å². The van der Waals surface area contributed by atoms with Crippen LogP contribution in [-0.2, 0) is 9.53 Å². The Morgan fingerprint density at radius 1 is 0.972 bits per heavy atom. The average molecular weight is 494 g/mol. The molecule has 5 rings (SSSR count). The maximum atomic E-state index is 13.7. The zero-order valence-corrected chi connectivity index (χ0v) is 21.6. The monoisotopic (exact) mass is 493 g/mol. The fourth-order valence-corrected chi connectivity index (χ4v) is 6.56. The number of hydrogen-bond donors (Lipinski definition) is 2. The summed E-state index contributed by atoms with van der Waals surface area (Å²) in [5, 5.41) is 2.94. The summed E-state index contributed by atoms with van der Waals surface area (Å²) >= 11 is 0. The SMILES string of the molecule is NC1CCC(N(C(=O)C2=CC=C(C3CCCC3)CC2)C2CC2)CC1CNC(=O)OCC1=CC=CCC1. The van der Waals surface area contributed by atoms with Gasteiger partial charge in [-0.05, 0) is 88.0 Å². The summed E-state index contributed by atoms with van der Waals surface area (Å²) in [6.45, 7) is 0.837. The van der Waals surface area contributed by atoms with Crippen LogP contribution in [0.25, 0.3) is 0 Å². The van der Waals surface area contributed by atoms with E-state index in [0.29, 0.717) is 19.2 Å². The second-order valence-electron chi connectivity index (χ2n) is 11.5. The molecule has 36 heavy (non-hydrogen) atoms. The molecule has 0 radical (unpaired) electrons. The highest BCUT2D eigenvalue weighted by molar-refractivity contribution is 5.94. The molecule has 0 aromatic carbocycles. The smallest absolute Gasteiger partial charge is 0.407 e. The Kier molecular flexibility index (Phi) is 8.30. The molecular weight excluding hydrogens is 450 g/mol. The maximum Gasteiger partial charge on any atom is 0.407 e. The zero-order valence-electron chi connectivity index (χ0n) is 21.6. The summed E-state index contributed by atoms with van der Waals surface area (Å²) in [6, 6.07) is 0.608. The molecule has 3 saturated carbocycles. The largest absolute Gasteiger partial charge is 0.445 e. The molecule has 0 aromatic heterocycles. The highest BCUT2D eigenvalue weighted by Crippen LogP contribution is 2.39. The van der Waals surface area contributed by atoms with Gasteiger partial charge in [0.15, 0.2) is 0 Å². The third-order valence-corrected chi connectivity index (χ3v) is 8.91. The van der Waals surface area contributed by atoms with Crippen molar-refractivity contribution in [2.45, 2.75) is 102 Å². The molecule has 0 spiro atoms. The van der Waals surface area contributed by atoms with Gasteiger partial charge < -0.3 is 20.7 Å². The number of nitrogens with one attached hydrogen (secondary N) is 1. The van der Waals surface area contributed by atoms with Crippen LogP contribution in [0.5, 0.6) is 0 Å². The Bertz CT molecular complexity index is 939. The van der Waals surface area contributed by atoms with Gasteiger partial charge in [0.25, 0.3) is 0 Å². The number of amides is 2. The van der Waals surface area contributed by atoms with Crippen LogP contribution in [0, 0.1) is 11.8 Å². The molecule has 5 aliphatic rings. The van der Waals surface area contributed by atoms with E-state index in [1.807, 2.05) is 12.2 Å². The Balaban J connectivity index is 1.16. The van der Waals surface area contributed by atoms with Gasteiger partial charge in [0.05, 0.1) is 0 Å². The molecule has 5 aliphatic carbocycles. The summed E-state index contributed by atoms with van der Waals surface area (Å²) in [7, 11) is 0. The van der Waals surface area contributed by atoms with Crippen molar-refractivity contribution in [3.05, 3.63) is 47.1 Å². The standard InChI is InChI=1S/C30H43N3O3/c31-28-17-16-27(18-25(28)19-32-30(35)36-20-21-6-2-1-3-7-21)33(26-14-15-26)29(34)24-12-10-23(11-13-24)22-8-4-5-9-22/h1-2,6,10,12,22,25-28H,3-5,7-9,11,13-20,31H2,(H,32,35). The van der Waals surface area contributed by atoms with E-state index in [1.54, 1.807) is 5.57 Å². The number of allylic oxidation sites excluding steroid dienone is 6. The van der Waals surface area contributed by atoms with Crippen LogP contribution < -0.4 is 11.1 Å². The van der Waals surface area contributed by atoms with Crippen LogP contribution in [0.2, 0.25) is 0 Å². The molecular formula is C30H43N3O3. The molecule has 6 nitrogen and oxygen atoms in total. The van der Waals surface area contributed by atoms with Crippen LogP contribution in [-0.4, -0.2) is 48.2 Å². The number of nitrogens with two attached hydrogens (primary N) is 1. The van der Waals surface area contributed by atoms with Crippen LogP contribution >= 0.6 is 0 Å². The minimum Gasteiger partial charge on any atom is -0.445 e. The van der Waals surface area contributed by atoms with E-state index < -0.39 is 0 Å². The van der Waals surface area contributed by atoms with E-state index in [2.05, 4.69) is 28.4 Å². The Hall–Kier alpha value is -2.34. The summed E-state index contributed by atoms with van der Waals surface area (Å²) < 4.78 is 5.42. The van der Waals surface area contributed by atoms with Crippen LogP contribution in [0.1, 0.15) is 83.5 Å². The van der Waals surface area contributed by atoms with Crippen LogP contribution in [0.15, 0.2) is 47.1 Å². The molecule has 0 aliphatic heterocycles. The first-order chi connectivity index (χ1) is 17.6. The number of ether oxygens (including phenoxy) is 1. The number of hydrogen-bond acceptors (Lipinski definition) is 4. The van der Waals surface area contributed by atoms with Gasteiger partial charge in [0.1, 0.15) is 6.61 Å². The predicted molar refractivity (Wildman–Crippen MR) is 142 cm³/mol. The van der Waals surface area contributed by atoms with Crippen molar-refractivity contribution >= 4 is 12.0 Å². The molecule has 6 heteroatoms. The van der Waals surface area contributed by atoms with Crippen molar-refractivity contribution in [2.24, 2.45) is 17.6 Å². The maximum absolute atomic E-state index is 13.7. The van der Waals surface area contributed by atoms with Crippen molar-refractivity contribution in [3.8, 4) is 0 Å². The number of rotatable bonds is 8. The van der Waals surface area contributed by atoms with E-state index in [4.69, 9.17) is 10.5 Å². The highest BCUT2D eigenvalue weighted by Gasteiger charge is 2.41. The summed E-state index contributed by atoms with van der Waals surface area (Å²) in [6.07, 6.45) is 24.2. The lowest BCUT2D eigenvalue weighted by atomic mass is 9.80. The number of nitrogens with zero attached hydrogens (tertiary/aromatic N) is 1. The summed E-state index contributed by atoms with van der Waals surface area (Å²) in [5.41, 5.74) is 10.1. The van der Waals surface area contributed by atoms with E-state index in [1.165, 1.54) is 25.7 Å². The molecule has 3 fully saturated rings. The minimum atomic E-state index is -0.382. The average Bonchev–Trinajstić information content (AvgIpc) is 3.59. The third-order valence-electron chi connectivity index (χ3n) is 8.91. The predicted octanol–water partition coefficient (Wildman–Crippen LogP) is 5.31. The topological polar surface area (TPSA) is 84.7 Å². The van der Waals surface area contributed by atoms with Crippen molar-refractivity contribution < 1.29 is 14.3 Å². The molecule has 3 N–H and O–H groups in total. The van der Waals surface area contributed by atoms with Gasteiger partial charge in [0, 0.05) is 30.2 Å². The number of alkyl carbamates (subject to hydrolysis) is 1. The van der Waals surface area contributed by atoms with Gasteiger partial charge in [0.2, 0.25) is 5.91 Å². The molecule has 3 atom stereocenters. The normalized spacial score (nSPS) is 28.7. The van der Waals surface area contributed by atoms with Crippen molar-refractivity contribution in [2.75, 3.05) is 13.2 Å². The minimum absolute atomic E-state index is 0.0368. The van der Waals surface area contributed by atoms with Crippen molar-refractivity contribution in [3.63, 3.8) is 0 Å². The molecule has 196 valence electrons. The fourth-order valence-electron chi connectivity index (χ4n) is 6.56. The van der Waals surface area contributed by atoms with Gasteiger partial charge in [-0.15, -0.1) is 0 Å². The van der Waals surface area contributed by atoms with Gasteiger partial charge >= 0.3 is 6.09 Å². The lowest BCUT2D eigenvalue weighted by Gasteiger charge is -2.41. The van der Waals surface area contributed by atoms with E-state index in [9.17, 15) is 9.59 Å². The van der Waals surface area contributed by atoms with Crippen LogP contribution in [0.3, 0.4) is 0 Å². The zero-order chi connectivity index (χ0) is 24.9. The molecule has 0 bridgehead atoms. The Labute approximate surface area is 216 Å².